The van der Waals surface area contributed by atoms with E-state index in [1.807, 2.05) is 13.8 Å². The number of hydrogen-bond donors (Lipinski definition) is 1. The molecule has 0 spiro atoms. The van der Waals surface area contributed by atoms with Crippen molar-refractivity contribution in [1.82, 2.24) is 0 Å². The molecule has 5 nitrogen and oxygen atoms in total. The number of ether oxygens (including phenoxy) is 2. The van der Waals surface area contributed by atoms with Crippen LogP contribution >= 0.6 is 11.6 Å². The first kappa shape index (κ1) is 17.3. The van der Waals surface area contributed by atoms with E-state index >= 15 is 0 Å². The van der Waals surface area contributed by atoms with E-state index in [0.717, 1.165) is 5.57 Å². The lowest BCUT2D eigenvalue weighted by molar-refractivity contribution is -0.145. The van der Waals surface area contributed by atoms with Gasteiger partial charge < -0.3 is 14.6 Å². The number of rotatable bonds is 4. The van der Waals surface area contributed by atoms with E-state index in [1.54, 1.807) is 6.08 Å². The first-order valence-electron chi connectivity index (χ1n) is 6.38. The number of hydrogen-bond acceptors (Lipinski definition) is 5. The number of aliphatic hydroxyl groups is 1. The molecule has 1 aliphatic carbocycles. The summed E-state index contributed by atoms with van der Waals surface area (Å²) in [6, 6.07) is 0. The van der Waals surface area contributed by atoms with Gasteiger partial charge in [-0.2, -0.15) is 0 Å². The van der Waals surface area contributed by atoms with Crippen LogP contribution in [0.15, 0.2) is 34.6 Å². The third kappa shape index (κ3) is 3.67. The molecular formula is C15H19ClO5. The molecule has 6 heteroatoms. The molecule has 0 amide bonds. The minimum Gasteiger partial charge on any atom is -0.507 e. The van der Waals surface area contributed by atoms with Crippen LogP contribution in [-0.4, -0.2) is 37.1 Å². The Hall–Kier alpha value is -1.75. The lowest BCUT2D eigenvalue weighted by Gasteiger charge is -2.29. The van der Waals surface area contributed by atoms with Gasteiger partial charge in [0.2, 0.25) is 0 Å². The van der Waals surface area contributed by atoms with E-state index in [4.69, 9.17) is 21.1 Å². The Morgan fingerprint density at radius 1 is 1.33 bits per heavy atom. The number of carbonyl (C=O) groups excluding carboxylic acids is 2. The monoisotopic (exact) mass is 314 g/mol. The SMILES string of the molecule is COC(=O)C1=C(O)C=C(CCl)[C@H](C(=O)OC)[C@H]1C=C(C)C. The van der Waals surface area contributed by atoms with Gasteiger partial charge in [-0.1, -0.05) is 11.6 Å². The van der Waals surface area contributed by atoms with Crippen LogP contribution in [0.5, 0.6) is 0 Å². The van der Waals surface area contributed by atoms with E-state index in [0.29, 0.717) is 5.57 Å². The summed E-state index contributed by atoms with van der Waals surface area (Å²) in [6.07, 6.45) is 3.06. The highest BCUT2D eigenvalue weighted by molar-refractivity contribution is 6.20. The number of alkyl halides is 1. The van der Waals surface area contributed by atoms with Gasteiger partial charge >= 0.3 is 11.9 Å². The summed E-state index contributed by atoms with van der Waals surface area (Å²) in [5, 5.41) is 10.1. The molecule has 0 saturated carbocycles. The summed E-state index contributed by atoms with van der Waals surface area (Å²) in [5.74, 6) is -2.82. The molecule has 0 radical (unpaired) electrons. The van der Waals surface area contributed by atoms with Gasteiger partial charge in [0.25, 0.3) is 0 Å². The molecule has 0 fully saturated rings. The Balaban J connectivity index is 3.50. The Labute approximate surface area is 128 Å². The third-order valence-electron chi connectivity index (χ3n) is 3.22. The number of allylic oxidation sites excluding steroid dienone is 3. The quantitative estimate of drug-likeness (QED) is 0.490. The predicted molar refractivity (Wildman–Crippen MR) is 78.9 cm³/mol. The summed E-state index contributed by atoms with van der Waals surface area (Å²) in [6.45, 7) is 3.66. The van der Waals surface area contributed by atoms with Gasteiger partial charge in [0, 0.05) is 11.8 Å². The zero-order valence-electron chi connectivity index (χ0n) is 12.5. The summed E-state index contributed by atoms with van der Waals surface area (Å²) in [4.78, 5) is 24.0. The Morgan fingerprint density at radius 2 is 1.95 bits per heavy atom. The lowest BCUT2D eigenvalue weighted by atomic mass is 9.76. The molecule has 0 heterocycles. The maximum atomic E-state index is 12.1. The topological polar surface area (TPSA) is 72.8 Å². The Kier molecular flexibility index (Phi) is 6.03. The highest BCUT2D eigenvalue weighted by Crippen LogP contribution is 2.37. The number of methoxy groups -OCH3 is 2. The van der Waals surface area contributed by atoms with Gasteiger partial charge in [-0.3, -0.25) is 4.79 Å². The minimum absolute atomic E-state index is 0.0305. The number of halogens is 1. The normalized spacial score (nSPS) is 21.5. The van der Waals surface area contributed by atoms with Gasteiger partial charge in [-0.15, -0.1) is 11.6 Å². The van der Waals surface area contributed by atoms with E-state index in [1.165, 1.54) is 20.3 Å². The number of aliphatic hydroxyl groups excluding tert-OH is 1. The average Bonchev–Trinajstić information content (AvgIpc) is 2.44. The molecule has 0 unspecified atom stereocenters. The minimum atomic E-state index is -0.757. The number of carbonyl (C=O) groups is 2. The van der Waals surface area contributed by atoms with Crippen molar-refractivity contribution in [2.45, 2.75) is 13.8 Å². The van der Waals surface area contributed by atoms with Crippen molar-refractivity contribution >= 4 is 23.5 Å². The van der Waals surface area contributed by atoms with Crippen LogP contribution < -0.4 is 0 Å². The zero-order chi connectivity index (χ0) is 16.2. The molecule has 0 aliphatic heterocycles. The van der Waals surface area contributed by atoms with E-state index in [2.05, 4.69) is 0 Å². The molecule has 2 atom stereocenters. The van der Waals surface area contributed by atoms with Gasteiger partial charge in [0.1, 0.15) is 5.76 Å². The van der Waals surface area contributed by atoms with Crippen LogP contribution in [-0.2, 0) is 19.1 Å². The van der Waals surface area contributed by atoms with Crippen LogP contribution in [0.3, 0.4) is 0 Å². The van der Waals surface area contributed by atoms with Gasteiger partial charge in [-0.25, -0.2) is 4.79 Å². The van der Waals surface area contributed by atoms with E-state index in [-0.39, 0.29) is 17.2 Å². The van der Waals surface area contributed by atoms with Gasteiger partial charge in [0.05, 0.1) is 25.7 Å². The first-order chi connectivity index (χ1) is 9.87. The van der Waals surface area contributed by atoms with Crippen molar-refractivity contribution in [3.8, 4) is 0 Å². The second-order valence-corrected chi connectivity index (χ2v) is 5.18. The summed E-state index contributed by atoms with van der Waals surface area (Å²) >= 11 is 5.86. The number of esters is 2. The highest BCUT2D eigenvalue weighted by Gasteiger charge is 2.40. The molecule has 1 aliphatic rings. The maximum absolute atomic E-state index is 12.1. The summed E-state index contributed by atoms with van der Waals surface area (Å²) in [5.41, 5.74) is 1.41. The van der Waals surface area contributed by atoms with Gasteiger partial charge in [0.15, 0.2) is 0 Å². The second-order valence-electron chi connectivity index (χ2n) is 4.91. The predicted octanol–water partition coefficient (Wildman–Crippen LogP) is 2.52. The largest absolute Gasteiger partial charge is 0.507 e. The first-order valence-corrected chi connectivity index (χ1v) is 6.91. The summed E-state index contributed by atoms with van der Waals surface area (Å²) < 4.78 is 9.51. The van der Waals surface area contributed by atoms with Gasteiger partial charge in [-0.05, 0) is 25.5 Å². The molecule has 21 heavy (non-hydrogen) atoms. The Morgan fingerprint density at radius 3 is 2.38 bits per heavy atom. The second kappa shape index (κ2) is 7.31. The molecule has 0 aromatic heterocycles. The molecule has 0 aromatic rings. The molecule has 0 aromatic carbocycles. The molecule has 1 N–H and O–H groups in total. The van der Waals surface area contributed by atoms with Crippen LogP contribution in [0.25, 0.3) is 0 Å². The summed E-state index contributed by atoms with van der Waals surface area (Å²) in [7, 11) is 2.49. The van der Waals surface area contributed by atoms with Crippen molar-refractivity contribution in [1.29, 1.82) is 0 Å². The standard InChI is InChI=1S/C15H19ClO5/c1-8(2)5-10-12(14(18)20-3)9(7-16)6-11(17)13(10)15(19)21-4/h5-6,10,12,17H,7H2,1-4H3/t10-,12+/m1/s1. The fraction of sp³-hybridized carbons (Fsp3) is 0.467. The van der Waals surface area contributed by atoms with Crippen molar-refractivity contribution in [3.63, 3.8) is 0 Å². The molecule has 1 rings (SSSR count). The lowest BCUT2D eigenvalue weighted by Crippen LogP contribution is -2.34. The maximum Gasteiger partial charge on any atom is 0.338 e. The van der Waals surface area contributed by atoms with Crippen molar-refractivity contribution in [2.24, 2.45) is 11.8 Å². The van der Waals surface area contributed by atoms with Crippen LogP contribution in [0, 0.1) is 11.8 Å². The van der Waals surface area contributed by atoms with Crippen molar-refractivity contribution < 1.29 is 24.2 Å². The average molecular weight is 315 g/mol. The smallest absolute Gasteiger partial charge is 0.338 e. The highest BCUT2D eigenvalue weighted by atomic mass is 35.5. The zero-order valence-corrected chi connectivity index (χ0v) is 13.2. The van der Waals surface area contributed by atoms with E-state index < -0.39 is 23.8 Å². The molecular weight excluding hydrogens is 296 g/mol. The van der Waals surface area contributed by atoms with Crippen LogP contribution in [0.2, 0.25) is 0 Å². The molecule has 0 bridgehead atoms. The van der Waals surface area contributed by atoms with E-state index in [9.17, 15) is 14.7 Å². The third-order valence-corrected chi connectivity index (χ3v) is 3.53. The van der Waals surface area contributed by atoms with Crippen LogP contribution in [0.1, 0.15) is 13.8 Å². The molecule has 116 valence electrons. The fourth-order valence-corrected chi connectivity index (χ4v) is 2.59. The van der Waals surface area contributed by atoms with Crippen molar-refractivity contribution in [2.75, 3.05) is 20.1 Å². The fourth-order valence-electron chi connectivity index (χ4n) is 2.35. The molecule has 0 saturated heterocycles. The van der Waals surface area contributed by atoms with Crippen molar-refractivity contribution in [3.05, 3.63) is 34.6 Å². The Bertz CT molecular complexity index is 526. The van der Waals surface area contributed by atoms with Crippen LogP contribution in [0.4, 0.5) is 0 Å².